The molecule has 0 aromatic carbocycles. The van der Waals surface area contributed by atoms with E-state index < -0.39 is 12.3 Å². The van der Waals surface area contributed by atoms with E-state index in [1.54, 1.807) is 0 Å². The third kappa shape index (κ3) is 1.74. The van der Waals surface area contributed by atoms with Crippen molar-refractivity contribution in [3.8, 4) is 0 Å². The average Bonchev–Trinajstić information content (AvgIpc) is 2.79. The Hall–Kier alpha value is -0.670. The van der Waals surface area contributed by atoms with Crippen LogP contribution in [0.4, 0.5) is 8.78 Å². The zero-order valence-corrected chi connectivity index (χ0v) is 8.06. The van der Waals surface area contributed by atoms with Crippen LogP contribution in [-0.4, -0.2) is 18.4 Å². The molecule has 0 aliphatic heterocycles. The fourth-order valence-electron chi connectivity index (χ4n) is 2.59. The first-order chi connectivity index (χ1) is 6.64. The molecule has 4 heteroatoms. The molecule has 0 aromatic heterocycles. The zero-order valence-electron chi connectivity index (χ0n) is 8.06. The van der Waals surface area contributed by atoms with Gasteiger partial charge in [-0.25, -0.2) is 0 Å². The van der Waals surface area contributed by atoms with E-state index >= 15 is 0 Å². The van der Waals surface area contributed by atoms with Crippen LogP contribution >= 0.6 is 0 Å². The molecule has 1 unspecified atom stereocenters. The van der Waals surface area contributed by atoms with Gasteiger partial charge in [0.25, 0.3) is 5.91 Å². The summed E-state index contributed by atoms with van der Waals surface area (Å²) in [6, 6.07) is 0.0318. The van der Waals surface area contributed by atoms with E-state index in [1.165, 1.54) is 19.3 Å². The fraction of sp³-hybridized carbons (Fsp3) is 0.900. The number of amides is 1. The van der Waals surface area contributed by atoms with E-state index in [4.69, 9.17) is 0 Å². The highest BCUT2D eigenvalue weighted by atomic mass is 19.3. The van der Waals surface area contributed by atoms with Gasteiger partial charge in [0.15, 0.2) is 0 Å². The van der Waals surface area contributed by atoms with Gasteiger partial charge < -0.3 is 5.32 Å². The van der Waals surface area contributed by atoms with Crippen LogP contribution in [0.15, 0.2) is 0 Å². The molecule has 2 aliphatic carbocycles. The van der Waals surface area contributed by atoms with Gasteiger partial charge in [0.05, 0.1) is 0 Å². The lowest BCUT2D eigenvalue weighted by molar-refractivity contribution is -0.132. The van der Waals surface area contributed by atoms with Gasteiger partial charge in [-0.05, 0) is 24.7 Å². The van der Waals surface area contributed by atoms with Gasteiger partial charge in [0.1, 0.15) is 0 Å². The second-order valence-electron chi connectivity index (χ2n) is 4.49. The van der Waals surface area contributed by atoms with Crippen molar-refractivity contribution in [2.75, 3.05) is 0 Å². The SMILES string of the molecule is O=C(NC1CC12CCCCC2)C(F)F. The molecule has 80 valence electrons. The normalized spacial score (nSPS) is 29.2. The molecule has 2 aliphatic rings. The molecule has 2 rings (SSSR count). The maximum atomic E-state index is 12.0. The lowest BCUT2D eigenvalue weighted by Crippen LogP contribution is -2.34. The molecule has 1 atom stereocenters. The molecule has 1 spiro atoms. The zero-order chi connectivity index (χ0) is 10.2. The van der Waals surface area contributed by atoms with Crippen molar-refractivity contribution in [3.05, 3.63) is 0 Å². The van der Waals surface area contributed by atoms with Crippen LogP contribution in [0.3, 0.4) is 0 Å². The van der Waals surface area contributed by atoms with Crippen molar-refractivity contribution in [3.63, 3.8) is 0 Å². The summed E-state index contributed by atoms with van der Waals surface area (Å²) in [6.45, 7) is 0. The highest BCUT2D eigenvalue weighted by Gasteiger charge is 2.54. The number of carbonyl (C=O) groups excluding carboxylic acids is 1. The number of nitrogens with one attached hydrogen (secondary N) is 1. The third-order valence-corrected chi connectivity index (χ3v) is 3.55. The van der Waals surface area contributed by atoms with E-state index in [0.29, 0.717) is 0 Å². The van der Waals surface area contributed by atoms with Crippen LogP contribution in [0, 0.1) is 5.41 Å². The number of hydrogen-bond donors (Lipinski definition) is 1. The molecule has 2 saturated carbocycles. The summed E-state index contributed by atoms with van der Waals surface area (Å²) in [7, 11) is 0. The van der Waals surface area contributed by atoms with Crippen LogP contribution in [0.2, 0.25) is 0 Å². The van der Waals surface area contributed by atoms with Crippen LogP contribution in [-0.2, 0) is 4.79 Å². The Bertz CT molecular complexity index is 236. The molecule has 1 amide bonds. The predicted molar refractivity (Wildman–Crippen MR) is 48.1 cm³/mol. The molecule has 0 heterocycles. The Balaban J connectivity index is 1.83. The standard InChI is InChI=1S/C10H15F2NO/c11-8(12)9(14)13-7-6-10(7)4-2-1-3-5-10/h7-8H,1-6H2,(H,13,14). The van der Waals surface area contributed by atoms with Crippen molar-refractivity contribution in [1.82, 2.24) is 5.32 Å². The quantitative estimate of drug-likeness (QED) is 0.731. The maximum Gasteiger partial charge on any atom is 0.315 e. The molecular weight excluding hydrogens is 188 g/mol. The molecule has 0 saturated heterocycles. The van der Waals surface area contributed by atoms with Gasteiger partial charge in [0.2, 0.25) is 0 Å². The molecule has 2 nitrogen and oxygen atoms in total. The van der Waals surface area contributed by atoms with E-state index in [2.05, 4.69) is 5.32 Å². The topological polar surface area (TPSA) is 29.1 Å². The summed E-state index contributed by atoms with van der Waals surface area (Å²) in [6.07, 6.45) is 3.85. The van der Waals surface area contributed by atoms with Gasteiger partial charge in [-0.2, -0.15) is 8.78 Å². The van der Waals surface area contributed by atoms with Gasteiger partial charge in [0, 0.05) is 6.04 Å². The minimum absolute atomic E-state index is 0.0318. The summed E-state index contributed by atoms with van der Waals surface area (Å²) in [4.78, 5) is 10.8. The first-order valence-corrected chi connectivity index (χ1v) is 5.23. The minimum atomic E-state index is -2.86. The Morgan fingerprint density at radius 1 is 1.29 bits per heavy atom. The molecule has 0 aromatic rings. The second-order valence-corrected chi connectivity index (χ2v) is 4.49. The van der Waals surface area contributed by atoms with Crippen molar-refractivity contribution in [2.45, 2.75) is 51.0 Å². The number of rotatable bonds is 2. The third-order valence-electron chi connectivity index (χ3n) is 3.55. The Kier molecular flexibility index (Phi) is 2.45. The number of hydrogen-bond acceptors (Lipinski definition) is 1. The minimum Gasteiger partial charge on any atom is -0.348 e. The number of alkyl halides is 2. The Labute approximate surface area is 82.1 Å². The van der Waals surface area contributed by atoms with Crippen molar-refractivity contribution in [1.29, 1.82) is 0 Å². The molecule has 0 bridgehead atoms. The smallest absolute Gasteiger partial charge is 0.315 e. The summed E-state index contributed by atoms with van der Waals surface area (Å²) >= 11 is 0. The van der Waals surface area contributed by atoms with Crippen molar-refractivity contribution >= 4 is 5.91 Å². The monoisotopic (exact) mass is 203 g/mol. The number of carbonyl (C=O) groups is 1. The first kappa shape index (κ1) is 9.87. The van der Waals surface area contributed by atoms with Crippen molar-refractivity contribution < 1.29 is 13.6 Å². The predicted octanol–water partition coefficient (Wildman–Crippen LogP) is 2.09. The molecular formula is C10H15F2NO. The van der Waals surface area contributed by atoms with E-state index in [1.807, 2.05) is 0 Å². The van der Waals surface area contributed by atoms with Crippen molar-refractivity contribution in [2.24, 2.45) is 5.41 Å². The van der Waals surface area contributed by atoms with Crippen LogP contribution in [0.25, 0.3) is 0 Å². The van der Waals surface area contributed by atoms with Crippen LogP contribution < -0.4 is 5.32 Å². The van der Waals surface area contributed by atoms with Crippen LogP contribution in [0.5, 0.6) is 0 Å². The number of halogens is 2. The Morgan fingerprint density at radius 3 is 2.50 bits per heavy atom. The van der Waals surface area contributed by atoms with Gasteiger partial charge >= 0.3 is 6.43 Å². The molecule has 14 heavy (non-hydrogen) atoms. The lowest BCUT2D eigenvalue weighted by Gasteiger charge is -2.22. The average molecular weight is 203 g/mol. The van der Waals surface area contributed by atoms with Gasteiger partial charge in [-0.15, -0.1) is 0 Å². The van der Waals surface area contributed by atoms with E-state index in [0.717, 1.165) is 19.3 Å². The first-order valence-electron chi connectivity index (χ1n) is 5.23. The Morgan fingerprint density at radius 2 is 1.93 bits per heavy atom. The highest BCUT2D eigenvalue weighted by molar-refractivity contribution is 5.79. The molecule has 1 N–H and O–H groups in total. The van der Waals surface area contributed by atoms with Gasteiger partial charge in [-0.1, -0.05) is 19.3 Å². The summed E-state index contributed by atoms with van der Waals surface area (Å²) in [5, 5.41) is 2.42. The van der Waals surface area contributed by atoms with E-state index in [9.17, 15) is 13.6 Å². The van der Waals surface area contributed by atoms with Gasteiger partial charge in [-0.3, -0.25) is 4.79 Å². The fourth-order valence-corrected chi connectivity index (χ4v) is 2.59. The van der Waals surface area contributed by atoms with Crippen LogP contribution in [0.1, 0.15) is 38.5 Å². The molecule has 2 fully saturated rings. The summed E-state index contributed by atoms with van der Waals surface area (Å²) in [5.41, 5.74) is 0.197. The summed E-state index contributed by atoms with van der Waals surface area (Å²) in [5.74, 6) is -1.10. The second kappa shape index (κ2) is 3.48. The molecule has 0 radical (unpaired) electrons. The summed E-state index contributed by atoms with van der Waals surface area (Å²) < 4.78 is 23.9. The largest absolute Gasteiger partial charge is 0.348 e. The lowest BCUT2D eigenvalue weighted by atomic mass is 9.86. The highest BCUT2D eigenvalue weighted by Crippen LogP contribution is 2.56. The van der Waals surface area contributed by atoms with E-state index in [-0.39, 0.29) is 11.5 Å². The maximum absolute atomic E-state index is 12.0.